The van der Waals surface area contributed by atoms with E-state index < -0.39 is 0 Å². The number of hydrogen-bond acceptors (Lipinski definition) is 3. The van der Waals surface area contributed by atoms with Gasteiger partial charge in [-0.25, -0.2) is 0 Å². The molecule has 3 unspecified atom stereocenters. The molecular formula is C18H30N2S. The van der Waals surface area contributed by atoms with Gasteiger partial charge in [0.05, 0.1) is 0 Å². The van der Waals surface area contributed by atoms with Gasteiger partial charge in [0.2, 0.25) is 0 Å². The van der Waals surface area contributed by atoms with E-state index in [1.165, 1.54) is 35.6 Å². The molecule has 2 nitrogen and oxygen atoms in total. The van der Waals surface area contributed by atoms with Gasteiger partial charge in [0.1, 0.15) is 0 Å². The topological polar surface area (TPSA) is 15.3 Å². The molecule has 1 saturated carbocycles. The Labute approximate surface area is 133 Å². The van der Waals surface area contributed by atoms with Crippen molar-refractivity contribution in [2.24, 2.45) is 11.8 Å². The van der Waals surface area contributed by atoms with Crippen molar-refractivity contribution in [3.8, 4) is 0 Å². The van der Waals surface area contributed by atoms with Crippen LogP contribution in [0.5, 0.6) is 0 Å². The van der Waals surface area contributed by atoms with Crippen molar-refractivity contribution in [3.05, 3.63) is 21.4 Å². The molecule has 0 bridgehead atoms. The first kappa shape index (κ1) is 15.5. The zero-order chi connectivity index (χ0) is 15.0. The van der Waals surface area contributed by atoms with E-state index in [1.807, 2.05) is 11.3 Å². The average Bonchev–Trinajstić information content (AvgIpc) is 3.19. The van der Waals surface area contributed by atoms with Gasteiger partial charge in [-0.3, -0.25) is 4.90 Å². The van der Waals surface area contributed by atoms with Crippen molar-refractivity contribution in [1.82, 2.24) is 10.2 Å². The first-order valence-electron chi connectivity index (χ1n) is 8.58. The number of thiophene rings is 1. The molecule has 1 N–H and O–H groups in total. The van der Waals surface area contributed by atoms with Gasteiger partial charge in [0.25, 0.3) is 0 Å². The van der Waals surface area contributed by atoms with E-state index in [0.717, 1.165) is 31.0 Å². The van der Waals surface area contributed by atoms with Gasteiger partial charge in [0.15, 0.2) is 0 Å². The maximum absolute atomic E-state index is 3.64. The largest absolute Gasteiger partial charge is 0.309 e. The molecule has 1 aliphatic carbocycles. The Morgan fingerprint density at radius 3 is 2.76 bits per heavy atom. The standard InChI is InChI=1S/C18H30N2S/c1-12-7-13(2)14(3)20(10-12)11-16-8-18(21-15(16)4)9-19-17-5-6-17/h8,12-14,17,19H,5-7,9-11H2,1-4H3. The van der Waals surface area contributed by atoms with E-state index in [1.54, 1.807) is 5.56 Å². The molecular weight excluding hydrogens is 276 g/mol. The quantitative estimate of drug-likeness (QED) is 0.878. The lowest BCUT2D eigenvalue weighted by Gasteiger charge is -2.41. The molecule has 3 heteroatoms. The molecule has 0 radical (unpaired) electrons. The number of piperidine rings is 1. The Bertz CT molecular complexity index is 478. The van der Waals surface area contributed by atoms with Crippen molar-refractivity contribution in [2.75, 3.05) is 6.54 Å². The second-order valence-electron chi connectivity index (χ2n) is 7.44. The van der Waals surface area contributed by atoms with Gasteiger partial charge >= 0.3 is 0 Å². The fourth-order valence-corrected chi connectivity index (χ4v) is 4.63. The minimum absolute atomic E-state index is 0.716. The third-order valence-corrected chi connectivity index (χ3v) is 6.40. The van der Waals surface area contributed by atoms with Gasteiger partial charge in [-0.2, -0.15) is 0 Å². The van der Waals surface area contributed by atoms with Crippen LogP contribution in [0.15, 0.2) is 6.07 Å². The lowest BCUT2D eigenvalue weighted by atomic mass is 9.86. The van der Waals surface area contributed by atoms with Crippen LogP contribution in [0.2, 0.25) is 0 Å². The summed E-state index contributed by atoms with van der Waals surface area (Å²) < 4.78 is 0. The Hall–Kier alpha value is -0.380. The Morgan fingerprint density at radius 2 is 2.05 bits per heavy atom. The SMILES string of the molecule is Cc1sc(CNC2CC2)cc1CN1CC(C)CC(C)C1C. The lowest BCUT2D eigenvalue weighted by molar-refractivity contribution is 0.0729. The fourth-order valence-electron chi connectivity index (χ4n) is 3.62. The van der Waals surface area contributed by atoms with Crippen molar-refractivity contribution < 1.29 is 0 Å². The number of hydrogen-bond donors (Lipinski definition) is 1. The van der Waals surface area contributed by atoms with Crippen molar-refractivity contribution in [2.45, 2.75) is 72.1 Å². The van der Waals surface area contributed by atoms with Crippen LogP contribution in [-0.2, 0) is 13.1 Å². The smallest absolute Gasteiger partial charge is 0.0302 e. The van der Waals surface area contributed by atoms with Crippen LogP contribution in [-0.4, -0.2) is 23.5 Å². The first-order chi connectivity index (χ1) is 10.0. The summed E-state index contributed by atoms with van der Waals surface area (Å²) in [7, 11) is 0. The van der Waals surface area contributed by atoms with Crippen LogP contribution in [0, 0.1) is 18.8 Å². The van der Waals surface area contributed by atoms with Gasteiger partial charge in [-0.15, -0.1) is 11.3 Å². The normalized spacial score (nSPS) is 30.8. The van der Waals surface area contributed by atoms with E-state index in [0.29, 0.717) is 6.04 Å². The first-order valence-corrected chi connectivity index (χ1v) is 9.40. The summed E-state index contributed by atoms with van der Waals surface area (Å²) in [5.41, 5.74) is 1.56. The molecule has 0 spiro atoms. The van der Waals surface area contributed by atoms with E-state index in [4.69, 9.17) is 0 Å². The van der Waals surface area contributed by atoms with Crippen LogP contribution in [0.4, 0.5) is 0 Å². The summed E-state index contributed by atoms with van der Waals surface area (Å²) in [4.78, 5) is 5.73. The molecule has 118 valence electrons. The van der Waals surface area contributed by atoms with E-state index in [2.05, 4.69) is 44.0 Å². The molecule has 2 aliphatic rings. The van der Waals surface area contributed by atoms with Gasteiger partial charge < -0.3 is 5.32 Å². The molecule has 1 saturated heterocycles. The second kappa shape index (κ2) is 6.39. The maximum atomic E-state index is 3.64. The highest BCUT2D eigenvalue weighted by Crippen LogP contribution is 2.31. The third-order valence-electron chi connectivity index (χ3n) is 5.31. The van der Waals surface area contributed by atoms with Gasteiger partial charge in [-0.05, 0) is 56.6 Å². The molecule has 2 heterocycles. The summed E-state index contributed by atoms with van der Waals surface area (Å²) in [6, 6.07) is 3.97. The molecule has 1 aliphatic heterocycles. The minimum Gasteiger partial charge on any atom is -0.309 e. The van der Waals surface area contributed by atoms with E-state index >= 15 is 0 Å². The molecule has 1 aromatic heterocycles. The number of nitrogens with one attached hydrogen (secondary N) is 1. The Morgan fingerprint density at radius 1 is 1.29 bits per heavy atom. The highest BCUT2D eigenvalue weighted by molar-refractivity contribution is 7.12. The van der Waals surface area contributed by atoms with E-state index in [-0.39, 0.29) is 0 Å². The molecule has 0 aromatic carbocycles. The average molecular weight is 307 g/mol. The molecule has 3 rings (SSSR count). The van der Waals surface area contributed by atoms with Crippen LogP contribution in [0.1, 0.15) is 55.4 Å². The van der Waals surface area contributed by atoms with Crippen LogP contribution < -0.4 is 5.32 Å². The highest BCUT2D eigenvalue weighted by Gasteiger charge is 2.29. The summed E-state index contributed by atoms with van der Waals surface area (Å²) in [6.07, 6.45) is 4.13. The number of nitrogens with zero attached hydrogens (tertiary/aromatic N) is 1. The van der Waals surface area contributed by atoms with Crippen LogP contribution in [0.3, 0.4) is 0 Å². The van der Waals surface area contributed by atoms with E-state index in [9.17, 15) is 0 Å². The lowest BCUT2D eigenvalue weighted by Crippen LogP contribution is -2.45. The Kier molecular flexibility index (Phi) is 4.72. The van der Waals surface area contributed by atoms with Gasteiger partial charge in [-0.1, -0.05) is 13.8 Å². The summed E-state index contributed by atoms with van der Waals surface area (Å²) in [5, 5.41) is 3.64. The highest BCUT2D eigenvalue weighted by atomic mass is 32.1. The zero-order valence-electron chi connectivity index (χ0n) is 14.0. The molecule has 3 atom stereocenters. The number of aryl methyl sites for hydroxylation is 1. The van der Waals surface area contributed by atoms with Crippen LogP contribution >= 0.6 is 11.3 Å². The van der Waals surface area contributed by atoms with Crippen molar-refractivity contribution >= 4 is 11.3 Å². The van der Waals surface area contributed by atoms with Crippen molar-refractivity contribution in [3.63, 3.8) is 0 Å². The molecule has 1 aromatic rings. The van der Waals surface area contributed by atoms with Crippen molar-refractivity contribution in [1.29, 1.82) is 0 Å². The summed E-state index contributed by atoms with van der Waals surface area (Å²) in [6.45, 7) is 13.0. The monoisotopic (exact) mass is 306 g/mol. The van der Waals surface area contributed by atoms with Gasteiger partial charge in [0, 0.05) is 41.5 Å². The Balaban J connectivity index is 1.62. The maximum Gasteiger partial charge on any atom is 0.0302 e. The fraction of sp³-hybridized carbons (Fsp3) is 0.778. The zero-order valence-corrected chi connectivity index (χ0v) is 14.8. The molecule has 2 fully saturated rings. The number of rotatable bonds is 5. The molecule has 21 heavy (non-hydrogen) atoms. The second-order valence-corrected chi connectivity index (χ2v) is 8.78. The predicted molar refractivity (Wildman–Crippen MR) is 91.7 cm³/mol. The number of likely N-dealkylation sites (tertiary alicyclic amines) is 1. The molecule has 0 amide bonds. The predicted octanol–water partition coefficient (Wildman–Crippen LogP) is 4.17. The summed E-state index contributed by atoms with van der Waals surface area (Å²) >= 11 is 1.99. The minimum atomic E-state index is 0.716. The third kappa shape index (κ3) is 3.88. The van der Waals surface area contributed by atoms with Crippen LogP contribution in [0.25, 0.3) is 0 Å². The summed E-state index contributed by atoms with van der Waals surface area (Å²) in [5.74, 6) is 1.66.